The maximum atomic E-state index is 12.9. The van der Waals surface area contributed by atoms with E-state index in [0.717, 1.165) is 0 Å². The van der Waals surface area contributed by atoms with Crippen LogP contribution in [0.25, 0.3) is 0 Å². The van der Waals surface area contributed by atoms with Gasteiger partial charge in [0.15, 0.2) is 0 Å². The predicted octanol–water partition coefficient (Wildman–Crippen LogP) is 2.33. The molecule has 2 aromatic carbocycles. The lowest BCUT2D eigenvalue weighted by Gasteiger charge is -2.08. The molecule has 0 saturated heterocycles. The van der Waals surface area contributed by atoms with Crippen LogP contribution in [0.15, 0.2) is 48.5 Å². The second kappa shape index (κ2) is 9.31. The van der Waals surface area contributed by atoms with Crippen molar-refractivity contribution in [3.63, 3.8) is 0 Å². The first-order valence-corrected chi connectivity index (χ1v) is 8.21. The van der Waals surface area contributed by atoms with Gasteiger partial charge in [-0.15, -0.1) is 0 Å². The monoisotopic (exact) mass is 357 g/mol. The second-order valence-corrected chi connectivity index (χ2v) is 5.50. The summed E-state index contributed by atoms with van der Waals surface area (Å²) in [6.45, 7) is 2.45. The van der Waals surface area contributed by atoms with Crippen LogP contribution in [-0.4, -0.2) is 30.8 Å². The quantitative estimate of drug-likeness (QED) is 0.665. The van der Waals surface area contributed by atoms with Gasteiger partial charge >= 0.3 is 0 Å². The average molecular weight is 357 g/mol. The number of rotatable bonds is 7. The van der Waals surface area contributed by atoms with Gasteiger partial charge in [-0.2, -0.15) is 0 Å². The number of anilines is 1. The van der Waals surface area contributed by atoms with Crippen LogP contribution in [0.1, 0.15) is 34.1 Å². The molecule has 3 N–H and O–H groups in total. The van der Waals surface area contributed by atoms with E-state index in [9.17, 15) is 18.8 Å². The lowest BCUT2D eigenvalue weighted by atomic mass is 10.1. The zero-order chi connectivity index (χ0) is 18.9. The number of carbonyl (C=O) groups is 3. The summed E-state index contributed by atoms with van der Waals surface area (Å²) in [5.41, 5.74) is 1.29. The molecule has 0 radical (unpaired) electrons. The Labute approximate surface area is 150 Å². The summed E-state index contributed by atoms with van der Waals surface area (Å²) in [5.74, 6) is -1.12. The van der Waals surface area contributed by atoms with E-state index in [2.05, 4.69) is 16.0 Å². The van der Waals surface area contributed by atoms with Gasteiger partial charge in [-0.1, -0.05) is 6.92 Å². The zero-order valence-electron chi connectivity index (χ0n) is 14.3. The highest BCUT2D eigenvalue weighted by Crippen LogP contribution is 2.12. The molecular formula is C19H20FN3O3. The molecule has 0 heterocycles. The Bertz CT molecular complexity index is 774. The molecule has 2 rings (SSSR count). The molecule has 0 aliphatic rings. The summed E-state index contributed by atoms with van der Waals surface area (Å²) in [5, 5.41) is 8.03. The first-order valence-electron chi connectivity index (χ1n) is 8.21. The molecule has 2 aromatic rings. The lowest BCUT2D eigenvalue weighted by Crippen LogP contribution is -2.34. The zero-order valence-corrected chi connectivity index (χ0v) is 14.3. The molecule has 26 heavy (non-hydrogen) atoms. The number of carbonyl (C=O) groups excluding carboxylic acids is 3. The molecule has 0 aliphatic heterocycles. The minimum absolute atomic E-state index is 0.0690. The maximum absolute atomic E-state index is 12.9. The summed E-state index contributed by atoms with van der Waals surface area (Å²) < 4.78 is 12.9. The molecule has 0 spiro atoms. The molecule has 7 heteroatoms. The van der Waals surface area contributed by atoms with Crippen LogP contribution in [0, 0.1) is 5.82 Å². The van der Waals surface area contributed by atoms with Gasteiger partial charge < -0.3 is 16.0 Å². The number of nitrogens with one attached hydrogen (secondary N) is 3. The topological polar surface area (TPSA) is 87.3 Å². The summed E-state index contributed by atoms with van der Waals surface area (Å²) >= 11 is 0. The fourth-order valence-corrected chi connectivity index (χ4v) is 2.11. The second-order valence-electron chi connectivity index (χ2n) is 5.50. The first-order chi connectivity index (χ1) is 12.5. The Balaban J connectivity index is 1.85. The van der Waals surface area contributed by atoms with Crippen molar-refractivity contribution in [2.75, 3.05) is 18.4 Å². The molecule has 0 fully saturated rings. The van der Waals surface area contributed by atoms with Gasteiger partial charge in [0.25, 0.3) is 11.8 Å². The molecule has 0 atom stereocenters. The Morgan fingerprint density at radius 3 is 1.96 bits per heavy atom. The summed E-state index contributed by atoms with van der Waals surface area (Å²) in [6, 6.07) is 11.6. The van der Waals surface area contributed by atoms with E-state index < -0.39 is 5.82 Å². The van der Waals surface area contributed by atoms with E-state index in [1.807, 2.05) is 0 Å². The molecule has 0 aliphatic carbocycles. The normalized spacial score (nSPS) is 10.1. The van der Waals surface area contributed by atoms with E-state index in [0.29, 0.717) is 36.3 Å². The highest BCUT2D eigenvalue weighted by molar-refractivity contribution is 6.04. The molecule has 0 bridgehead atoms. The van der Waals surface area contributed by atoms with Crippen molar-refractivity contribution in [2.24, 2.45) is 0 Å². The summed E-state index contributed by atoms with van der Waals surface area (Å²) in [6.07, 6.45) is 0.402. The molecule has 6 nitrogen and oxygen atoms in total. The standard InChI is InChI=1S/C19H20FN3O3/c1-2-17(24)21-11-12-22-18(25)13-5-9-16(10-6-13)23-19(26)14-3-7-15(20)8-4-14/h3-10H,2,11-12H2,1H3,(H,21,24)(H,22,25)(H,23,26). The Morgan fingerprint density at radius 1 is 0.808 bits per heavy atom. The smallest absolute Gasteiger partial charge is 0.255 e. The maximum Gasteiger partial charge on any atom is 0.255 e. The molecule has 3 amide bonds. The Morgan fingerprint density at radius 2 is 1.35 bits per heavy atom. The third kappa shape index (κ3) is 5.70. The largest absolute Gasteiger partial charge is 0.354 e. The number of hydrogen-bond acceptors (Lipinski definition) is 3. The minimum atomic E-state index is -0.411. The molecule has 0 aromatic heterocycles. The molecule has 136 valence electrons. The fourth-order valence-electron chi connectivity index (χ4n) is 2.11. The van der Waals surface area contributed by atoms with Crippen LogP contribution in [-0.2, 0) is 4.79 Å². The third-order valence-electron chi connectivity index (χ3n) is 3.57. The lowest BCUT2D eigenvalue weighted by molar-refractivity contribution is -0.120. The van der Waals surface area contributed by atoms with Crippen molar-refractivity contribution < 1.29 is 18.8 Å². The van der Waals surface area contributed by atoms with Gasteiger partial charge in [-0.25, -0.2) is 4.39 Å². The van der Waals surface area contributed by atoms with E-state index in [-0.39, 0.29) is 17.7 Å². The van der Waals surface area contributed by atoms with Crippen LogP contribution in [0.2, 0.25) is 0 Å². The third-order valence-corrected chi connectivity index (χ3v) is 3.57. The van der Waals surface area contributed by atoms with E-state index >= 15 is 0 Å². The van der Waals surface area contributed by atoms with Gasteiger partial charge in [-0.05, 0) is 48.5 Å². The van der Waals surface area contributed by atoms with Crippen molar-refractivity contribution in [2.45, 2.75) is 13.3 Å². The SMILES string of the molecule is CCC(=O)NCCNC(=O)c1ccc(NC(=O)c2ccc(F)cc2)cc1. The van der Waals surface area contributed by atoms with Crippen LogP contribution >= 0.6 is 0 Å². The minimum Gasteiger partial charge on any atom is -0.354 e. The number of amides is 3. The van der Waals surface area contributed by atoms with Crippen molar-refractivity contribution in [1.82, 2.24) is 10.6 Å². The van der Waals surface area contributed by atoms with Gasteiger partial charge in [0.1, 0.15) is 5.82 Å². The van der Waals surface area contributed by atoms with Crippen LogP contribution in [0.3, 0.4) is 0 Å². The van der Waals surface area contributed by atoms with Gasteiger partial charge in [-0.3, -0.25) is 14.4 Å². The van der Waals surface area contributed by atoms with Crippen molar-refractivity contribution in [3.8, 4) is 0 Å². The van der Waals surface area contributed by atoms with Crippen LogP contribution in [0.4, 0.5) is 10.1 Å². The van der Waals surface area contributed by atoms with E-state index in [1.54, 1.807) is 31.2 Å². The highest BCUT2D eigenvalue weighted by atomic mass is 19.1. The number of benzene rings is 2. The van der Waals surface area contributed by atoms with Crippen molar-refractivity contribution >= 4 is 23.4 Å². The number of halogens is 1. The molecular weight excluding hydrogens is 337 g/mol. The van der Waals surface area contributed by atoms with E-state index in [4.69, 9.17) is 0 Å². The van der Waals surface area contributed by atoms with Gasteiger partial charge in [0.05, 0.1) is 0 Å². The van der Waals surface area contributed by atoms with Crippen molar-refractivity contribution in [1.29, 1.82) is 0 Å². The summed E-state index contributed by atoms with van der Waals surface area (Å²) in [7, 11) is 0. The Kier molecular flexibility index (Phi) is 6.84. The predicted molar refractivity (Wildman–Crippen MR) is 96.4 cm³/mol. The van der Waals surface area contributed by atoms with Crippen LogP contribution < -0.4 is 16.0 Å². The average Bonchev–Trinajstić information content (AvgIpc) is 2.65. The molecule has 0 unspecified atom stereocenters. The highest BCUT2D eigenvalue weighted by Gasteiger charge is 2.08. The first kappa shape index (κ1) is 19.1. The summed E-state index contributed by atoms with van der Waals surface area (Å²) in [4.78, 5) is 35.1. The molecule has 0 saturated carbocycles. The Hall–Kier alpha value is -3.22. The van der Waals surface area contributed by atoms with E-state index in [1.165, 1.54) is 24.3 Å². The van der Waals surface area contributed by atoms with Gasteiger partial charge in [0, 0.05) is 36.3 Å². The fraction of sp³-hybridized carbons (Fsp3) is 0.211. The van der Waals surface area contributed by atoms with Gasteiger partial charge in [0.2, 0.25) is 5.91 Å². The van der Waals surface area contributed by atoms with Crippen molar-refractivity contribution in [3.05, 3.63) is 65.5 Å². The van der Waals surface area contributed by atoms with Crippen LogP contribution in [0.5, 0.6) is 0 Å². The number of hydrogen-bond donors (Lipinski definition) is 3.